The number of non-ortho nitro benzene ring substituents is 1. The summed E-state index contributed by atoms with van der Waals surface area (Å²) < 4.78 is 25.9. The van der Waals surface area contributed by atoms with Gasteiger partial charge in [0, 0.05) is 18.7 Å². The van der Waals surface area contributed by atoms with Crippen molar-refractivity contribution in [3.63, 3.8) is 0 Å². The third kappa shape index (κ3) is 3.60. The quantitative estimate of drug-likeness (QED) is 0.644. The Bertz CT molecular complexity index is 670. The maximum Gasteiger partial charge on any atom is 0.322 e. The molecule has 2 rings (SSSR count). The smallest absolute Gasteiger partial charge is 0.322 e. The summed E-state index contributed by atoms with van der Waals surface area (Å²) in [5.41, 5.74) is 0.267. The summed E-state index contributed by atoms with van der Waals surface area (Å²) in [5.74, 6) is -1.51. The van der Waals surface area contributed by atoms with E-state index in [2.05, 4.69) is 0 Å². The maximum atomic E-state index is 12.4. The zero-order chi connectivity index (χ0) is 16.3. The monoisotopic (exact) mass is 328 g/mol. The zero-order valence-electron chi connectivity index (χ0n) is 11.7. The molecular weight excluding hydrogens is 312 g/mol. The highest BCUT2D eigenvalue weighted by Crippen LogP contribution is 2.23. The number of aliphatic carboxylic acids is 1. The van der Waals surface area contributed by atoms with Gasteiger partial charge in [-0.15, -0.1) is 0 Å². The van der Waals surface area contributed by atoms with Crippen LogP contribution in [0.2, 0.25) is 0 Å². The van der Waals surface area contributed by atoms with E-state index in [1.807, 2.05) is 0 Å². The normalized spacial score (nSPS) is 19.7. The second-order valence-electron chi connectivity index (χ2n) is 5.14. The molecule has 1 atom stereocenters. The van der Waals surface area contributed by atoms with Crippen LogP contribution in [0.15, 0.2) is 24.3 Å². The number of rotatable bonds is 5. The van der Waals surface area contributed by atoms with Crippen LogP contribution in [-0.4, -0.2) is 41.3 Å². The minimum absolute atomic E-state index is 0.123. The lowest BCUT2D eigenvalue weighted by Crippen LogP contribution is -2.48. The summed E-state index contributed by atoms with van der Waals surface area (Å²) >= 11 is 0. The van der Waals surface area contributed by atoms with Crippen LogP contribution in [0, 0.1) is 10.1 Å². The van der Waals surface area contributed by atoms with E-state index < -0.39 is 27.0 Å². The second kappa shape index (κ2) is 6.41. The van der Waals surface area contributed by atoms with Crippen LogP contribution < -0.4 is 0 Å². The average molecular weight is 328 g/mol. The van der Waals surface area contributed by atoms with Crippen molar-refractivity contribution in [2.45, 2.75) is 31.1 Å². The Hall–Kier alpha value is -2.00. The summed E-state index contributed by atoms with van der Waals surface area (Å²) in [5, 5.41) is 19.7. The van der Waals surface area contributed by atoms with Crippen molar-refractivity contribution in [3.05, 3.63) is 39.9 Å². The molecule has 0 spiro atoms. The number of nitro benzene ring substituents is 1. The molecule has 1 unspecified atom stereocenters. The highest BCUT2D eigenvalue weighted by molar-refractivity contribution is 7.88. The van der Waals surface area contributed by atoms with Crippen molar-refractivity contribution < 1.29 is 23.2 Å². The standard InChI is InChI=1S/C13H16N2O6S/c16-13(17)12-3-1-2-8-14(12)22(20,21)9-10-4-6-11(7-5-10)15(18)19/h4-7,12H,1-3,8-9H2,(H,16,17). The van der Waals surface area contributed by atoms with Crippen molar-refractivity contribution in [1.29, 1.82) is 0 Å². The van der Waals surface area contributed by atoms with Crippen LogP contribution >= 0.6 is 0 Å². The molecule has 22 heavy (non-hydrogen) atoms. The molecule has 0 radical (unpaired) electrons. The number of carboxylic acids is 1. The number of nitro groups is 1. The zero-order valence-corrected chi connectivity index (χ0v) is 12.5. The fourth-order valence-corrected chi connectivity index (χ4v) is 4.26. The van der Waals surface area contributed by atoms with E-state index in [-0.39, 0.29) is 18.0 Å². The number of benzene rings is 1. The Balaban J connectivity index is 2.19. The van der Waals surface area contributed by atoms with Gasteiger partial charge in [0.2, 0.25) is 10.0 Å². The molecule has 120 valence electrons. The molecule has 0 saturated carbocycles. The first-order chi connectivity index (χ1) is 10.3. The van der Waals surface area contributed by atoms with Gasteiger partial charge < -0.3 is 5.11 Å². The van der Waals surface area contributed by atoms with Crippen molar-refractivity contribution in [2.75, 3.05) is 6.54 Å². The minimum atomic E-state index is -3.78. The number of sulfonamides is 1. The van der Waals surface area contributed by atoms with Gasteiger partial charge in [-0.3, -0.25) is 14.9 Å². The molecule has 1 aliphatic heterocycles. The molecule has 1 N–H and O–H groups in total. The summed E-state index contributed by atoms with van der Waals surface area (Å²) in [7, 11) is -3.78. The van der Waals surface area contributed by atoms with Gasteiger partial charge in [0.1, 0.15) is 6.04 Å². The van der Waals surface area contributed by atoms with E-state index >= 15 is 0 Å². The number of carboxylic acid groups (broad SMARTS) is 1. The van der Waals surface area contributed by atoms with Crippen LogP contribution in [0.25, 0.3) is 0 Å². The lowest BCUT2D eigenvalue weighted by atomic mass is 10.1. The Kier molecular flexibility index (Phi) is 4.77. The molecule has 8 nitrogen and oxygen atoms in total. The van der Waals surface area contributed by atoms with Gasteiger partial charge >= 0.3 is 5.97 Å². The fourth-order valence-electron chi connectivity index (χ4n) is 2.49. The van der Waals surface area contributed by atoms with Crippen LogP contribution in [-0.2, 0) is 20.6 Å². The van der Waals surface area contributed by atoms with Crippen LogP contribution in [0.3, 0.4) is 0 Å². The molecule has 1 aromatic carbocycles. The van der Waals surface area contributed by atoms with Gasteiger partial charge in [-0.1, -0.05) is 12.1 Å². The van der Waals surface area contributed by atoms with E-state index in [0.29, 0.717) is 24.8 Å². The highest BCUT2D eigenvalue weighted by atomic mass is 32.2. The van der Waals surface area contributed by atoms with Crippen LogP contribution in [0.4, 0.5) is 5.69 Å². The summed E-state index contributed by atoms with van der Waals surface area (Å²) in [4.78, 5) is 21.2. The van der Waals surface area contributed by atoms with E-state index in [1.165, 1.54) is 24.3 Å². The Labute approximate surface area is 127 Å². The molecule has 1 saturated heterocycles. The SMILES string of the molecule is O=C(O)C1CCCCN1S(=O)(=O)Cc1ccc([N+](=O)[O-])cc1. The third-order valence-electron chi connectivity index (χ3n) is 3.59. The molecule has 1 aliphatic rings. The fraction of sp³-hybridized carbons (Fsp3) is 0.462. The molecule has 0 aliphatic carbocycles. The summed E-state index contributed by atoms with van der Waals surface area (Å²) in [6, 6.07) is 4.17. The van der Waals surface area contributed by atoms with E-state index in [0.717, 1.165) is 4.31 Å². The molecule has 1 aromatic rings. The largest absolute Gasteiger partial charge is 0.480 e. The van der Waals surface area contributed by atoms with Crippen molar-refractivity contribution in [1.82, 2.24) is 4.31 Å². The van der Waals surface area contributed by atoms with Crippen molar-refractivity contribution >= 4 is 21.7 Å². The maximum absolute atomic E-state index is 12.4. The third-order valence-corrected chi connectivity index (χ3v) is 5.44. The molecular formula is C13H16N2O6S. The lowest BCUT2D eigenvalue weighted by Gasteiger charge is -2.31. The average Bonchev–Trinajstić information content (AvgIpc) is 2.47. The molecule has 0 bridgehead atoms. The van der Waals surface area contributed by atoms with Gasteiger partial charge in [-0.05, 0) is 24.8 Å². The van der Waals surface area contributed by atoms with E-state index in [4.69, 9.17) is 5.11 Å². The number of nitrogens with zero attached hydrogens (tertiary/aromatic N) is 2. The Morgan fingerprint density at radius 3 is 2.50 bits per heavy atom. The predicted octanol–water partition coefficient (Wildman–Crippen LogP) is 1.36. The van der Waals surface area contributed by atoms with Gasteiger partial charge in [0.25, 0.3) is 5.69 Å². The number of hydrogen-bond acceptors (Lipinski definition) is 5. The molecule has 9 heteroatoms. The second-order valence-corrected chi connectivity index (χ2v) is 7.06. The van der Waals surface area contributed by atoms with Crippen molar-refractivity contribution in [3.8, 4) is 0 Å². The molecule has 0 aromatic heterocycles. The first-order valence-corrected chi connectivity index (χ1v) is 8.38. The van der Waals surface area contributed by atoms with E-state index in [9.17, 15) is 23.3 Å². The van der Waals surface area contributed by atoms with Crippen LogP contribution in [0.5, 0.6) is 0 Å². The van der Waals surface area contributed by atoms with Crippen LogP contribution in [0.1, 0.15) is 24.8 Å². The highest BCUT2D eigenvalue weighted by Gasteiger charge is 2.36. The number of hydrogen-bond donors (Lipinski definition) is 1. The molecule has 1 heterocycles. The van der Waals surface area contributed by atoms with E-state index in [1.54, 1.807) is 0 Å². The first kappa shape index (κ1) is 16.4. The summed E-state index contributed by atoms with van der Waals surface area (Å²) in [6.45, 7) is 0.187. The number of carbonyl (C=O) groups is 1. The summed E-state index contributed by atoms with van der Waals surface area (Å²) in [6.07, 6.45) is 1.61. The molecule has 0 amide bonds. The van der Waals surface area contributed by atoms with Gasteiger partial charge in [-0.2, -0.15) is 4.31 Å². The minimum Gasteiger partial charge on any atom is -0.480 e. The van der Waals surface area contributed by atoms with Gasteiger partial charge in [-0.25, -0.2) is 8.42 Å². The van der Waals surface area contributed by atoms with Gasteiger partial charge in [0.05, 0.1) is 10.7 Å². The topological polar surface area (TPSA) is 118 Å². The Morgan fingerprint density at radius 1 is 1.32 bits per heavy atom. The van der Waals surface area contributed by atoms with Crippen molar-refractivity contribution in [2.24, 2.45) is 0 Å². The predicted molar refractivity (Wildman–Crippen MR) is 77.7 cm³/mol. The van der Waals surface area contributed by atoms with Gasteiger partial charge in [0.15, 0.2) is 0 Å². The number of piperidine rings is 1. The first-order valence-electron chi connectivity index (χ1n) is 6.77. The lowest BCUT2D eigenvalue weighted by molar-refractivity contribution is -0.384. The molecule has 1 fully saturated rings. The Morgan fingerprint density at radius 2 is 1.95 bits per heavy atom.